The zero-order chi connectivity index (χ0) is 26.1. The molecule has 0 aliphatic carbocycles. The first kappa shape index (κ1) is 25.2. The molecule has 8 heteroatoms. The molecule has 0 bridgehead atoms. The fourth-order valence-electron chi connectivity index (χ4n) is 4.67. The van der Waals surface area contributed by atoms with Gasteiger partial charge in [-0.15, -0.1) is 11.3 Å². The Morgan fingerprint density at radius 1 is 1.14 bits per heavy atom. The van der Waals surface area contributed by atoms with Crippen molar-refractivity contribution in [3.63, 3.8) is 0 Å². The standard InChI is InChI=1S/C29H28N2O4S2/c1-4-5-6-12-35-20-10-7-9-19(16-20)25-23(26(32)21-11-8-13-36-21)27(33)28(34)31(25)29-30-24-18(3)14-17(2)15-22(24)37-29/h7-11,13-16,25,33H,4-6,12H2,1-3H3. The molecule has 0 saturated heterocycles. The van der Waals surface area contributed by atoms with Crippen LogP contribution in [0.15, 0.2) is 65.2 Å². The van der Waals surface area contributed by atoms with Crippen LogP contribution in [0.1, 0.15) is 58.6 Å². The van der Waals surface area contributed by atoms with Crippen LogP contribution in [0.4, 0.5) is 5.13 Å². The average molecular weight is 533 g/mol. The first-order valence-electron chi connectivity index (χ1n) is 12.3. The quantitative estimate of drug-likeness (QED) is 0.180. The normalized spacial score (nSPS) is 15.7. The minimum atomic E-state index is -0.830. The van der Waals surface area contributed by atoms with Crippen molar-refractivity contribution >= 4 is 49.7 Å². The second kappa shape index (κ2) is 10.5. The maximum absolute atomic E-state index is 13.6. The lowest BCUT2D eigenvalue weighted by molar-refractivity contribution is -0.117. The molecule has 1 aliphatic rings. The van der Waals surface area contributed by atoms with E-state index in [1.165, 1.54) is 27.6 Å². The third-order valence-corrected chi connectivity index (χ3v) is 8.28. The highest BCUT2D eigenvalue weighted by Gasteiger charge is 2.46. The monoisotopic (exact) mass is 532 g/mol. The van der Waals surface area contributed by atoms with Gasteiger partial charge in [-0.25, -0.2) is 4.98 Å². The maximum atomic E-state index is 13.6. The summed E-state index contributed by atoms with van der Waals surface area (Å²) >= 11 is 2.66. The molecule has 5 rings (SSSR count). The van der Waals surface area contributed by atoms with Crippen LogP contribution in [0.5, 0.6) is 5.75 Å². The van der Waals surface area contributed by atoms with Crippen molar-refractivity contribution in [3.8, 4) is 5.75 Å². The molecule has 1 amide bonds. The van der Waals surface area contributed by atoms with E-state index in [0.29, 0.717) is 27.9 Å². The molecule has 0 saturated carbocycles. The van der Waals surface area contributed by atoms with E-state index in [0.717, 1.165) is 40.6 Å². The van der Waals surface area contributed by atoms with E-state index in [2.05, 4.69) is 13.0 Å². The summed E-state index contributed by atoms with van der Waals surface area (Å²) in [6.07, 6.45) is 3.13. The second-order valence-electron chi connectivity index (χ2n) is 9.20. The van der Waals surface area contributed by atoms with Crippen LogP contribution in [0.3, 0.4) is 0 Å². The molecule has 0 radical (unpaired) electrons. The number of thiazole rings is 1. The number of aromatic nitrogens is 1. The van der Waals surface area contributed by atoms with E-state index in [1.807, 2.05) is 44.2 Å². The van der Waals surface area contributed by atoms with Crippen molar-refractivity contribution in [2.75, 3.05) is 11.5 Å². The largest absolute Gasteiger partial charge is 0.503 e. The molecule has 1 unspecified atom stereocenters. The molecule has 190 valence electrons. The van der Waals surface area contributed by atoms with Crippen molar-refractivity contribution in [1.82, 2.24) is 4.98 Å². The topological polar surface area (TPSA) is 79.7 Å². The van der Waals surface area contributed by atoms with E-state index < -0.39 is 17.7 Å². The number of hydrogen-bond acceptors (Lipinski definition) is 7. The average Bonchev–Trinajstić information content (AvgIpc) is 3.61. The van der Waals surface area contributed by atoms with Gasteiger partial charge in [-0.3, -0.25) is 14.5 Å². The second-order valence-corrected chi connectivity index (χ2v) is 11.2. The van der Waals surface area contributed by atoms with Crippen LogP contribution >= 0.6 is 22.7 Å². The lowest BCUT2D eigenvalue weighted by Gasteiger charge is -2.24. The van der Waals surface area contributed by atoms with Gasteiger partial charge in [-0.2, -0.15) is 0 Å². The number of ether oxygens (including phenoxy) is 1. The summed E-state index contributed by atoms with van der Waals surface area (Å²) in [7, 11) is 0. The summed E-state index contributed by atoms with van der Waals surface area (Å²) in [4.78, 5) is 33.8. The van der Waals surface area contributed by atoms with Crippen LogP contribution in [-0.2, 0) is 4.79 Å². The smallest absolute Gasteiger partial charge is 0.296 e. The summed E-state index contributed by atoms with van der Waals surface area (Å²) in [6.45, 7) is 6.74. The van der Waals surface area contributed by atoms with Crippen LogP contribution in [0, 0.1) is 13.8 Å². The van der Waals surface area contributed by atoms with Crippen LogP contribution in [-0.4, -0.2) is 28.4 Å². The Morgan fingerprint density at radius 2 is 1.97 bits per heavy atom. The Bertz CT molecular complexity index is 1500. The van der Waals surface area contributed by atoms with Crippen molar-refractivity contribution in [1.29, 1.82) is 0 Å². The predicted octanol–water partition coefficient (Wildman–Crippen LogP) is 7.33. The van der Waals surface area contributed by atoms with Gasteiger partial charge in [-0.1, -0.05) is 55.4 Å². The third kappa shape index (κ3) is 4.79. The lowest BCUT2D eigenvalue weighted by Crippen LogP contribution is -2.31. The van der Waals surface area contributed by atoms with E-state index in [1.54, 1.807) is 17.5 Å². The van der Waals surface area contributed by atoms with Crippen molar-refractivity contribution in [3.05, 3.63) is 86.8 Å². The number of hydrogen-bond donors (Lipinski definition) is 1. The highest BCUT2D eigenvalue weighted by molar-refractivity contribution is 7.22. The van der Waals surface area contributed by atoms with Crippen molar-refractivity contribution < 1.29 is 19.4 Å². The fourth-order valence-corrected chi connectivity index (χ4v) is 6.52. The summed E-state index contributed by atoms with van der Waals surface area (Å²) in [6, 6.07) is 14.2. The van der Waals surface area contributed by atoms with Crippen LogP contribution in [0.2, 0.25) is 0 Å². The fraction of sp³-hybridized carbons (Fsp3) is 0.276. The Balaban J connectivity index is 1.61. The number of fused-ring (bicyclic) bond motifs is 1. The number of aliphatic hydroxyl groups excluding tert-OH is 1. The number of Topliss-reactive ketones (excluding diaryl/α,β-unsaturated/α-hetero) is 1. The van der Waals surface area contributed by atoms with Gasteiger partial charge in [0.2, 0.25) is 5.78 Å². The lowest BCUT2D eigenvalue weighted by atomic mass is 9.95. The number of anilines is 1. The molecule has 1 N–H and O–H groups in total. The minimum Gasteiger partial charge on any atom is -0.503 e. The molecule has 6 nitrogen and oxygen atoms in total. The highest BCUT2D eigenvalue weighted by atomic mass is 32.1. The molecular formula is C29H28N2O4S2. The number of amides is 1. The zero-order valence-electron chi connectivity index (χ0n) is 21.0. The van der Waals surface area contributed by atoms with Gasteiger partial charge in [0.15, 0.2) is 10.9 Å². The summed E-state index contributed by atoms with van der Waals surface area (Å²) in [5, 5.41) is 13.3. The zero-order valence-corrected chi connectivity index (χ0v) is 22.6. The first-order chi connectivity index (χ1) is 17.9. The molecular weight excluding hydrogens is 504 g/mol. The molecule has 37 heavy (non-hydrogen) atoms. The number of benzene rings is 2. The molecule has 2 aromatic carbocycles. The van der Waals surface area contributed by atoms with Crippen molar-refractivity contribution in [2.45, 2.75) is 46.1 Å². The number of ketones is 1. The van der Waals surface area contributed by atoms with Gasteiger partial charge < -0.3 is 9.84 Å². The number of carbonyl (C=O) groups excluding carboxylic acids is 2. The molecule has 1 atom stereocenters. The summed E-state index contributed by atoms with van der Waals surface area (Å²) in [5.74, 6) is -0.876. The predicted molar refractivity (Wildman–Crippen MR) is 149 cm³/mol. The molecule has 0 spiro atoms. The maximum Gasteiger partial charge on any atom is 0.296 e. The Morgan fingerprint density at radius 3 is 2.73 bits per heavy atom. The Hall–Kier alpha value is -3.49. The van der Waals surface area contributed by atoms with Gasteiger partial charge in [0.1, 0.15) is 5.75 Å². The molecule has 4 aromatic rings. The van der Waals surface area contributed by atoms with Crippen LogP contribution in [0.25, 0.3) is 10.2 Å². The summed E-state index contributed by atoms with van der Waals surface area (Å²) < 4.78 is 6.92. The highest BCUT2D eigenvalue weighted by Crippen LogP contribution is 2.45. The van der Waals surface area contributed by atoms with Gasteiger partial charge in [0.05, 0.1) is 33.3 Å². The minimum absolute atomic E-state index is 0.0581. The number of aryl methyl sites for hydroxylation is 2. The number of unbranched alkanes of at least 4 members (excludes halogenated alkanes) is 2. The molecule has 2 aromatic heterocycles. The SMILES string of the molecule is CCCCCOc1cccc(C2C(C(=O)c3cccs3)=C(O)C(=O)N2c2nc3c(C)cc(C)cc3s2)c1. The number of aliphatic hydroxyl groups is 1. The summed E-state index contributed by atoms with van der Waals surface area (Å²) in [5.41, 5.74) is 3.66. The number of carbonyl (C=O) groups is 2. The molecule has 3 heterocycles. The number of thiophene rings is 1. The van der Waals surface area contributed by atoms with Gasteiger partial charge in [0, 0.05) is 0 Å². The van der Waals surface area contributed by atoms with Crippen molar-refractivity contribution in [2.24, 2.45) is 0 Å². The molecule has 0 fully saturated rings. The number of nitrogens with zero attached hydrogens (tertiary/aromatic N) is 2. The van der Waals surface area contributed by atoms with Gasteiger partial charge in [-0.05, 0) is 66.6 Å². The van der Waals surface area contributed by atoms with E-state index in [9.17, 15) is 14.7 Å². The Labute approximate surface area is 223 Å². The Kier molecular flexibility index (Phi) is 7.13. The van der Waals surface area contributed by atoms with Gasteiger partial charge in [0.25, 0.3) is 5.91 Å². The van der Waals surface area contributed by atoms with Crippen LogP contribution < -0.4 is 9.64 Å². The van der Waals surface area contributed by atoms with E-state index >= 15 is 0 Å². The molecule has 1 aliphatic heterocycles. The first-order valence-corrected chi connectivity index (χ1v) is 14.0. The van der Waals surface area contributed by atoms with E-state index in [-0.39, 0.29) is 11.4 Å². The van der Waals surface area contributed by atoms with Gasteiger partial charge >= 0.3 is 0 Å². The number of rotatable bonds is 9. The van der Waals surface area contributed by atoms with E-state index in [4.69, 9.17) is 9.72 Å². The third-order valence-electron chi connectivity index (χ3n) is 6.41.